The number of anilines is 2. The van der Waals surface area contributed by atoms with Crippen LogP contribution in [0.25, 0.3) is 21.1 Å². The Morgan fingerprint density at radius 3 is 2.91 bits per heavy atom. The van der Waals surface area contributed by atoms with E-state index in [4.69, 9.17) is 4.74 Å². The monoisotopic (exact) mass is 492 g/mol. The van der Waals surface area contributed by atoms with Crippen LogP contribution in [-0.4, -0.2) is 51.2 Å². The number of aromatic amines is 1. The summed E-state index contributed by atoms with van der Waals surface area (Å²) in [6.45, 7) is 9.77. The summed E-state index contributed by atoms with van der Waals surface area (Å²) in [7, 11) is 1.92. The van der Waals surface area contributed by atoms with Crippen LogP contribution in [0.4, 0.5) is 11.5 Å². The van der Waals surface area contributed by atoms with E-state index in [9.17, 15) is 4.79 Å². The number of ether oxygens (including phenoxy) is 1. The van der Waals surface area contributed by atoms with Gasteiger partial charge in [-0.2, -0.15) is 5.10 Å². The van der Waals surface area contributed by atoms with Crippen LogP contribution in [0.5, 0.6) is 5.75 Å². The van der Waals surface area contributed by atoms with Crippen LogP contribution in [0.3, 0.4) is 0 Å². The highest BCUT2D eigenvalue weighted by Gasteiger charge is 2.31. The zero-order valence-electron chi connectivity index (χ0n) is 20.9. The van der Waals surface area contributed by atoms with E-state index in [1.807, 2.05) is 31.0 Å². The maximum Gasteiger partial charge on any atom is 0.225 e. The fraction of sp³-hybridized carbons (Fsp3) is 0.462. The van der Waals surface area contributed by atoms with E-state index in [1.54, 1.807) is 23.9 Å². The van der Waals surface area contributed by atoms with Crippen LogP contribution in [0.15, 0.2) is 24.7 Å². The summed E-state index contributed by atoms with van der Waals surface area (Å²) < 4.78 is 5.90. The molecule has 5 rings (SSSR count). The summed E-state index contributed by atoms with van der Waals surface area (Å²) in [5.74, 6) is 1.76. The van der Waals surface area contributed by atoms with Crippen molar-refractivity contribution in [1.29, 1.82) is 0 Å². The maximum absolute atomic E-state index is 13.2. The normalized spacial score (nSPS) is 15.9. The van der Waals surface area contributed by atoms with Gasteiger partial charge in [-0.15, -0.1) is 11.3 Å². The Bertz CT molecular complexity index is 1390. The first kappa shape index (κ1) is 23.5. The standard InChI is InChI=1S/C26H32N6O2S/c1-6-34-20-11-18-16(12-29-31-18)9-19(20)30-23-22-17-8-7-15(25(33)32(5)13-26(2,3)4)10-21(17)35-24(22)28-14-27-23/h9,11-12,14-15H,6-8,10,13H2,1-5H3,(H,29,31)(H,27,28,30)/t15-/m0/s1. The minimum atomic E-state index is 0.0142. The number of thiophene rings is 1. The molecule has 3 heterocycles. The summed E-state index contributed by atoms with van der Waals surface area (Å²) in [5.41, 5.74) is 3.11. The molecular weight excluding hydrogens is 460 g/mol. The molecule has 0 saturated carbocycles. The van der Waals surface area contributed by atoms with Gasteiger partial charge in [0.25, 0.3) is 0 Å². The Morgan fingerprint density at radius 1 is 1.31 bits per heavy atom. The fourth-order valence-electron chi connectivity index (χ4n) is 4.99. The van der Waals surface area contributed by atoms with Gasteiger partial charge >= 0.3 is 0 Å². The predicted octanol–water partition coefficient (Wildman–Crippen LogP) is 5.32. The molecule has 0 spiro atoms. The molecule has 1 aliphatic rings. The molecular formula is C26H32N6O2S. The van der Waals surface area contributed by atoms with Gasteiger partial charge in [-0.3, -0.25) is 9.89 Å². The number of benzene rings is 1. The topological polar surface area (TPSA) is 96.0 Å². The van der Waals surface area contributed by atoms with E-state index < -0.39 is 0 Å². The van der Waals surface area contributed by atoms with E-state index in [0.717, 1.165) is 64.2 Å². The molecule has 3 aromatic heterocycles. The number of nitrogens with zero attached hydrogens (tertiary/aromatic N) is 4. The second-order valence-corrected chi connectivity index (χ2v) is 11.5. The molecule has 9 heteroatoms. The zero-order chi connectivity index (χ0) is 24.7. The van der Waals surface area contributed by atoms with Crippen molar-refractivity contribution in [1.82, 2.24) is 25.1 Å². The number of nitrogens with one attached hydrogen (secondary N) is 2. The van der Waals surface area contributed by atoms with E-state index >= 15 is 0 Å². The molecule has 1 aromatic carbocycles. The van der Waals surface area contributed by atoms with Gasteiger partial charge in [0.2, 0.25) is 5.91 Å². The highest BCUT2D eigenvalue weighted by Crippen LogP contribution is 2.42. The molecule has 0 unspecified atom stereocenters. The van der Waals surface area contributed by atoms with Crippen LogP contribution in [0, 0.1) is 11.3 Å². The number of hydrogen-bond donors (Lipinski definition) is 2. The Hall–Kier alpha value is -3.20. The van der Waals surface area contributed by atoms with Gasteiger partial charge in [-0.25, -0.2) is 9.97 Å². The van der Waals surface area contributed by atoms with Gasteiger partial charge in [0, 0.05) is 35.8 Å². The number of hydrogen-bond acceptors (Lipinski definition) is 7. The van der Waals surface area contributed by atoms with E-state index in [2.05, 4.69) is 46.3 Å². The van der Waals surface area contributed by atoms with Gasteiger partial charge in [0.05, 0.1) is 29.4 Å². The molecule has 35 heavy (non-hydrogen) atoms. The summed E-state index contributed by atoms with van der Waals surface area (Å²) in [6, 6.07) is 3.98. The minimum Gasteiger partial charge on any atom is -0.492 e. The molecule has 0 radical (unpaired) electrons. The third kappa shape index (κ3) is 4.69. The summed E-state index contributed by atoms with van der Waals surface area (Å²) in [5, 5.41) is 12.7. The van der Waals surface area contributed by atoms with Crippen LogP contribution < -0.4 is 10.1 Å². The second-order valence-electron chi connectivity index (χ2n) is 10.5. The third-order valence-corrected chi connectivity index (χ3v) is 7.54. The number of aryl methyl sites for hydroxylation is 1. The minimum absolute atomic E-state index is 0.0142. The van der Waals surface area contributed by atoms with Gasteiger partial charge in [-0.1, -0.05) is 20.8 Å². The van der Waals surface area contributed by atoms with Gasteiger partial charge in [0.1, 0.15) is 22.7 Å². The first-order chi connectivity index (χ1) is 16.7. The van der Waals surface area contributed by atoms with Crippen LogP contribution >= 0.6 is 11.3 Å². The average molecular weight is 493 g/mol. The highest BCUT2D eigenvalue weighted by atomic mass is 32.1. The van der Waals surface area contributed by atoms with Crippen LogP contribution in [0.1, 0.15) is 44.6 Å². The summed E-state index contributed by atoms with van der Waals surface area (Å²) in [4.78, 5) is 26.4. The highest BCUT2D eigenvalue weighted by molar-refractivity contribution is 7.19. The number of carbonyl (C=O) groups excluding carboxylic acids is 1. The fourth-order valence-corrected chi connectivity index (χ4v) is 6.26. The molecule has 1 aliphatic carbocycles. The van der Waals surface area contributed by atoms with Crippen molar-refractivity contribution in [3.63, 3.8) is 0 Å². The first-order valence-electron chi connectivity index (χ1n) is 12.1. The zero-order valence-corrected chi connectivity index (χ0v) is 21.8. The van der Waals surface area contributed by atoms with Crippen molar-refractivity contribution in [2.45, 2.75) is 47.0 Å². The number of carbonyl (C=O) groups is 1. The number of amides is 1. The van der Waals surface area contributed by atoms with Crippen molar-refractivity contribution in [2.75, 3.05) is 25.5 Å². The Balaban J connectivity index is 1.45. The van der Waals surface area contributed by atoms with E-state index in [1.165, 1.54) is 10.4 Å². The molecule has 1 atom stereocenters. The number of rotatable bonds is 6. The number of aromatic nitrogens is 4. The molecule has 0 aliphatic heterocycles. The van der Waals surface area contributed by atoms with Crippen LogP contribution in [0.2, 0.25) is 0 Å². The molecule has 0 fully saturated rings. The summed E-state index contributed by atoms with van der Waals surface area (Å²) in [6.07, 6.45) is 5.84. The Kier molecular flexibility index (Phi) is 6.13. The van der Waals surface area contributed by atoms with E-state index in [0.29, 0.717) is 6.61 Å². The second kappa shape index (κ2) is 9.11. The molecule has 184 valence electrons. The molecule has 1 amide bonds. The lowest BCUT2D eigenvalue weighted by Crippen LogP contribution is -2.39. The summed E-state index contributed by atoms with van der Waals surface area (Å²) >= 11 is 1.68. The van der Waals surface area contributed by atoms with Gasteiger partial charge < -0.3 is 15.0 Å². The SMILES string of the molecule is CCOc1cc2[nH]ncc2cc1Nc1ncnc2sc3c(c12)CC[C@H](C(=O)N(C)CC(C)(C)C)C3. The lowest BCUT2D eigenvalue weighted by Gasteiger charge is -2.31. The smallest absolute Gasteiger partial charge is 0.225 e. The lowest BCUT2D eigenvalue weighted by molar-refractivity contribution is -0.135. The molecule has 4 aromatic rings. The van der Waals surface area contributed by atoms with Crippen molar-refractivity contribution < 1.29 is 9.53 Å². The van der Waals surface area contributed by atoms with Crippen molar-refractivity contribution in [3.05, 3.63) is 35.1 Å². The quantitative estimate of drug-likeness (QED) is 0.378. The van der Waals surface area contributed by atoms with Crippen molar-refractivity contribution in [3.8, 4) is 5.75 Å². The maximum atomic E-state index is 13.2. The molecule has 2 N–H and O–H groups in total. The third-order valence-electron chi connectivity index (χ3n) is 6.38. The average Bonchev–Trinajstić information content (AvgIpc) is 3.41. The largest absolute Gasteiger partial charge is 0.492 e. The Morgan fingerprint density at radius 2 is 2.14 bits per heavy atom. The number of fused-ring (bicyclic) bond motifs is 4. The van der Waals surface area contributed by atoms with Crippen molar-refractivity contribution >= 4 is 49.9 Å². The molecule has 0 bridgehead atoms. The van der Waals surface area contributed by atoms with Crippen LogP contribution in [-0.2, 0) is 17.6 Å². The van der Waals surface area contributed by atoms with Gasteiger partial charge in [-0.05, 0) is 43.2 Å². The lowest BCUT2D eigenvalue weighted by atomic mass is 9.86. The Labute approximate surface area is 209 Å². The number of H-pyrrole nitrogens is 1. The molecule has 0 saturated heterocycles. The molecule has 8 nitrogen and oxygen atoms in total. The predicted molar refractivity (Wildman–Crippen MR) is 141 cm³/mol. The van der Waals surface area contributed by atoms with Gasteiger partial charge in [0.15, 0.2) is 0 Å². The first-order valence-corrected chi connectivity index (χ1v) is 12.9. The van der Waals surface area contributed by atoms with E-state index in [-0.39, 0.29) is 17.2 Å². The van der Waals surface area contributed by atoms with Crippen molar-refractivity contribution in [2.24, 2.45) is 11.3 Å².